The molecule has 2 fully saturated rings. The van der Waals surface area contributed by atoms with E-state index in [1.807, 2.05) is 19.1 Å². The Labute approximate surface area is 177 Å². The molecule has 5 rings (SSSR count). The third-order valence-corrected chi connectivity index (χ3v) is 7.31. The summed E-state index contributed by atoms with van der Waals surface area (Å²) in [6.45, 7) is 1.83. The molecule has 2 aromatic carbocycles. The van der Waals surface area contributed by atoms with Gasteiger partial charge in [-0.3, -0.25) is 0 Å². The smallest absolute Gasteiger partial charge is 0.126 e. The number of nitrogens with one attached hydrogen (secondary N) is 1. The molecule has 2 aliphatic rings. The first-order chi connectivity index (χ1) is 14.6. The van der Waals surface area contributed by atoms with E-state index in [0.717, 1.165) is 16.8 Å². The number of aromatic nitrogens is 1. The van der Waals surface area contributed by atoms with Crippen LogP contribution in [-0.2, 0) is 0 Å². The van der Waals surface area contributed by atoms with Crippen molar-refractivity contribution in [3.8, 4) is 5.69 Å². The molecule has 3 nitrogen and oxygen atoms in total. The minimum Gasteiger partial charge on any atom is -0.398 e. The minimum atomic E-state index is -0.168. The Hall–Kier alpha value is -2.62. The van der Waals surface area contributed by atoms with Crippen molar-refractivity contribution >= 4 is 22.8 Å². The van der Waals surface area contributed by atoms with Gasteiger partial charge in [0.1, 0.15) is 5.82 Å². The second kappa shape index (κ2) is 7.57. The van der Waals surface area contributed by atoms with E-state index in [2.05, 4.69) is 16.7 Å². The van der Waals surface area contributed by atoms with Gasteiger partial charge < -0.3 is 15.7 Å². The van der Waals surface area contributed by atoms with E-state index in [4.69, 9.17) is 11.1 Å². The molecule has 0 radical (unpaired) electrons. The lowest BCUT2D eigenvalue weighted by molar-refractivity contribution is 0.398. The molecule has 0 amide bonds. The average molecular weight is 404 g/mol. The van der Waals surface area contributed by atoms with E-state index >= 15 is 0 Å². The molecular weight excluding hydrogens is 373 g/mol. The fourth-order valence-corrected chi connectivity index (χ4v) is 5.49. The van der Waals surface area contributed by atoms with E-state index in [1.165, 1.54) is 74.2 Å². The van der Waals surface area contributed by atoms with Gasteiger partial charge in [-0.15, -0.1) is 0 Å². The van der Waals surface area contributed by atoms with Crippen LogP contribution in [0.15, 0.2) is 30.3 Å². The Bertz CT molecular complexity index is 1120. The highest BCUT2D eigenvalue weighted by Gasteiger charge is 2.33. The van der Waals surface area contributed by atoms with Crippen molar-refractivity contribution in [2.24, 2.45) is 0 Å². The maximum atomic E-state index is 14.1. The Morgan fingerprint density at radius 1 is 1.00 bits per heavy atom. The fraction of sp³-hybridized carbons (Fsp3) is 0.423. The Kier molecular flexibility index (Phi) is 4.88. The summed E-state index contributed by atoms with van der Waals surface area (Å²) < 4.78 is 16.5. The molecule has 3 aromatic rings. The molecule has 0 saturated heterocycles. The second-order valence-electron chi connectivity index (χ2n) is 9.17. The molecule has 30 heavy (non-hydrogen) atoms. The van der Waals surface area contributed by atoms with Crippen LogP contribution in [0, 0.1) is 18.2 Å². The van der Waals surface area contributed by atoms with Gasteiger partial charge in [0.15, 0.2) is 0 Å². The molecule has 1 heterocycles. The van der Waals surface area contributed by atoms with Gasteiger partial charge in [-0.25, -0.2) is 4.39 Å². The van der Waals surface area contributed by atoms with Crippen LogP contribution in [0.4, 0.5) is 10.1 Å². The van der Waals surface area contributed by atoms with Gasteiger partial charge in [-0.05, 0) is 85.9 Å². The first-order valence-corrected chi connectivity index (χ1v) is 11.3. The van der Waals surface area contributed by atoms with Crippen molar-refractivity contribution in [2.75, 3.05) is 5.73 Å². The number of nitrogens with two attached hydrogens (primary N) is 1. The predicted octanol–water partition coefficient (Wildman–Crippen LogP) is 6.97. The van der Waals surface area contributed by atoms with Crippen LogP contribution in [0.3, 0.4) is 0 Å². The van der Waals surface area contributed by atoms with Crippen LogP contribution >= 0.6 is 0 Å². The number of fused-ring (bicyclic) bond motifs is 1. The van der Waals surface area contributed by atoms with Crippen molar-refractivity contribution in [3.05, 3.63) is 58.5 Å². The number of aryl methyl sites for hydroxylation is 1. The number of hydrogen-bond acceptors (Lipinski definition) is 2. The first kappa shape index (κ1) is 19.3. The summed E-state index contributed by atoms with van der Waals surface area (Å²) in [7, 11) is 0. The number of nitrogen functional groups attached to an aromatic ring is 1. The van der Waals surface area contributed by atoms with Crippen molar-refractivity contribution < 1.29 is 4.39 Å². The van der Waals surface area contributed by atoms with Gasteiger partial charge in [0, 0.05) is 34.2 Å². The zero-order chi connectivity index (χ0) is 20.8. The molecule has 3 N–H and O–H groups in total. The predicted molar refractivity (Wildman–Crippen MR) is 123 cm³/mol. The van der Waals surface area contributed by atoms with Gasteiger partial charge in [0.25, 0.3) is 0 Å². The van der Waals surface area contributed by atoms with Gasteiger partial charge in [-0.2, -0.15) is 0 Å². The van der Waals surface area contributed by atoms with E-state index in [1.54, 1.807) is 6.07 Å². The highest BCUT2D eigenvalue weighted by Crippen LogP contribution is 2.49. The molecule has 0 unspecified atom stereocenters. The van der Waals surface area contributed by atoms with Crippen molar-refractivity contribution in [3.63, 3.8) is 0 Å². The largest absolute Gasteiger partial charge is 0.398 e. The highest BCUT2D eigenvalue weighted by molar-refractivity contribution is 5.98. The second-order valence-corrected chi connectivity index (χ2v) is 9.17. The lowest BCUT2D eigenvalue weighted by Crippen LogP contribution is -2.16. The average Bonchev–Trinajstić information content (AvgIpc) is 3.02. The van der Waals surface area contributed by atoms with Crippen LogP contribution in [0.2, 0.25) is 0 Å². The maximum Gasteiger partial charge on any atom is 0.126 e. The fourth-order valence-electron chi connectivity index (χ4n) is 5.49. The normalized spacial score (nSPS) is 17.9. The van der Waals surface area contributed by atoms with Crippen LogP contribution in [0.5, 0.6) is 0 Å². The van der Waals surface area contributed by atoms with Crippen LogP contribution in [0.25, 0.3) is 16.6 Å². The molecule has 2 saturated carbocycles. The van der Waals surface area contributed by atoms with Crippen molar-refractivity contribution in [1.29, 1.82) is 5.41 Å². The summed E-state index contributed by atoms with van der Waals surface area (Å²) in [6.07, 6.45) is 11.4. The van der Waals surface area contributed by atoms with E-state index < -0.39 is 0 Å². The quantitative estimate of drug-likeness (QED) is 0.358. The standard InChI is InChI=1S/C26H30FN3/c1-16-12-20(10-11-22(16)27)30-24-13-19(15-28)23(29)14-21(24)25(17-8-5-9-17)26(30)18-6-3-2-4-7-18/h10-15,17-18,28H,2-9,29H2,1H3. The molecule has 2 aliphatic carbocycles. The molecule has 4 heteroatoms. The van der Waals surface area contributed by atoms with Crippen molar-refractivity contribution in [2.45, 2.75) is 70.1 Å². The molecular formula is C26H30FN3. The van der Waals surface area contributed by atoms with Crippen LogP contribution in [-0.4, -0.2) is 10.8 Å². The summed E-state index contributed by atoms with van der Waals surface area (Å²) in [5, 5.41) is 9.05. The third-order valence-electron chi connectivity index (χ3n) is 7.31. The monoisotopic (exact) mass is 403 g/mol. The first-order valence-electron chi connectivity index (χ1n) is 11.3. The molecule has 0 atom stereocenters. The van der Waals surface area contributed by atoms with E-state index in [-0.39, 0.29) is 5.82 Å². The Balaban J connectivity index is 1.86. The number of anilines is 1. The molecule has 156 valence electrons. The molecule has 0 aliphatic heterocycles. The Morgan fingerprint density at radius 2 is 1.73 bits per heavy atom. The van der Waals surface area contributed by atoms with Crippen LogP contribution < -0.4 is 5.73 Å². The molecule has 0 spiro atoms. The van der Waals surface area contributed by atoms with Gasteiger partial charge in [-0.1, -0.05) is 25.7 Å². The number of benzene rings is 2. The minimum absolute atomic E-state index is 0.168. The zero-order valence-corrected chi connectivity index (χ0v) is 17.7. The third kappa shape index (κ3) is 3.05. The highest BCUT2D eigenvalue weighted by atomic mass is 19.1. The lowest BCUT2D eigenvalue weighted by atomic mass is 9.75. The number of rotatable bonds is 4. The number of nitrogens with zero attached hydrogens (tertiary/aromatic N) is 1. The summed E-state index contributed by atoms with van der Waals surface area (Å²) in [5.74, 6) is 0.937. The molecule has 0 bridgehead atoms. The van der Waals surface area contributed by atoms with Crippen LogP contribution in [0.1, 0.15) is 85.6 Å². The number of halogens is 1. The van der Waals surface area contributed by atoms with E-state index in [9.17, 15) is 4.39 Å². The maximum absolute atomic E-state index is 14.1. The SMILES string of the molecule is Cc1cc(-n2c(C3CCCCC3)c(C3CCC3)c3cc(N)c(C=N)cc32)ccc1F. The van der Waals surface area contributed by atoms with Gasteiger partial charge in [0.2, 0.25) is 0 Å². The summed E-state index contributed by atoms with van der Waals surface area (Å²) in [4.78, 5) is 0. The lowest BCUT2D eigenvalue weighted by Gasteiger charge is -2.31. The summed E-state index contributed by atoms with van der Waals surface area (Å²) in [6, 6.07) is 9.59. The van der Waals surface area contributed by atoms with Gasteiger partial charge >= 0.3 is 0 Å². The molecule has 1 aromatic heterocycles. The number of hydrogen-bond donors (Lipinski definition) is 2. The van der Waals surface area contributed by atoms with Crippen molar-refractivity contribution in [1.82, 2.24) is 4.57 Å². The topological polar surface area (TPSA) is 54.8 Å². The summed E-state index contributed by atoms with van der Waals surface area (Å²) in [5.41, 5.74) is 13.4. The Morgan fingerprint density at radius 3 is 2.37 bits per heavy atom. The zero-order valence-electron chi connectivity index (χ0n) is 17.7. The van der Waals surface area contributed by atoms with E-state index in [0.29, 0.717) is 23.1 Å². The van der Waals surface area contributed by atoms with Gasteiger partial charge in [0.05, 0.1) is 5.52 Å². The summed E-state index contributed by atoms with van der Waals surface area (Å²) >= 11 is 0.